The summed E-state index contributed by atoms with van der Waals surface area (Å²) in [5, 5.41) is 5.73. The van der Waals surface area contributed by atoms with Crippen LogP contribution < -0.4 is 4.74 Å². The van der Waals surface area contributed by atoms with Gasteiger partial charge in [0, 0.05) is 23.0 Å². The van der Waals surface area contributed by atoms with Crippen LogP contribution in [-0.4, -0.2) is 9.78 Å². The molecule has 2 aromatic rings. The van der Waals surface area contributed by atoms with Crippen LogP contribution in [0.5, 0.6) is 11.6 Å². The van der Waals surface area contributed by atoms with Crippen molar-refractivity contribution in [1.82, 2.24) is 9.78 Å². The van der Waals surface area contributed by atoms with Gasteiger partial charge in [-0.25, -0.2) is 4.68 Å². The molecule has 3 nitrogen and oxygen atoms in total. The predicted molar refractivity (Wildman–Crippen MR) is 76.8 cm³/mol. The highest BCUT2D eigenvalue weighted by atomic mass is 79.9. The van der Waals surface area contributed by atoms with Gasteiger partial charge in [-0.2, -0.15) is 5.10 Å². The van der Waals surface area contributed by atoms with Crippen LogP contribution in [0, 0.1) is 13.8 Å². The summed E-state index contributed by atoms with van der Waals surface area (Å²) in [6.07, 6.45) is 0. The zero-order chi connectivity index (χ0) is 13.3. The molecular weight excluding hydrogens is 316 g/mol. The zero-order valence-electron chi connectivity index (χ0n) is 10.5. The fraction of sp³-hybridized carbons (Fsp3) is 0.308. The Morgan fingerprint density at radius 3 is 2.78 bits per heavy atom. The summed E-state index contributed by atoms with van der Waals surface area (Å²) in [6, 6.07) is 5.61. The lowest BCUT2D eigenvalue weighted by molar-refractivity contribution is 0.425. The number of halogens is 2. The van der Waals surface area contributed by atoms with Gasteiger partial charge in [0.25, 0.3) is 0 Å². The van der Waals surface area contributed by atoms with E-state index in [2.05, 4.69) is 21.0 Å². The van der Waals surface area contributed by atoms with E-state index in [1.165, 1.54) is 0 Å². The fourth-order valence-corrected chi connectivity index (χ4v) is 2.56. The minimum absolute atomic E-state index is 0.662. The van der Waals surface area contributed by atoms with Crippen molar-refractivity contribution < 1.29 is 4.74 Å². The molecule has 0 amide bonds. The molecule has 1 heterocycles. The summed E-state index contributed by atoms with van der Waals surface area (Å²) in [7, 11) is 1.87. The number of hydrogen-bond donors (Lipinski definition) is 0. The Morgan fingerprint density at radius 1 is 1.39 bits per heavy atom. The van der Waals surface area contributed by atoms with Crippen LogP contribution >= 0.6 is 27.5 Å². The van der Waals surface area contributed by atoms with Gasteiger partial charge in [-0.1, -0.05) is 33.6 Å². The SMILES string of the molecule is Cc1ccc(Cl)cc1Oc1c(CBr)c(C)nn1C. The van der Waals surface area contributed by atoms with Gasteiger partial charge in [-0.15, -0.1) is 0 Å². The number of hydrogen-bond acceptors (Lipinski definition) is 2. The minimum Gasteiger partial charge on any atom is -0.439 e. The van der Waals surface area contributed by atoms with E-state index in [0.29, 0.717) is 10.4 Å². The third-order valence-electron chi connectivity index (χ3n) is 2.78. The molecule has 0 aliphatic heterocycles. The first-order chi connectivity index (χ1) is 8.52. The molecule has 1 aromatic heterocycles. The van der Waals surface area contributed by atoms with Crippen LogP contribution in [0.15, 0.2) is 18.2 Å². The fourth-order valence-electron chi connectivity index (χ4n) is 1.75. The van der Waals surface area contributed by atoms with Crippen molar-refractivity contribution in [2.45, 2.75) is 19.2 Å². The van der Waals surface area contributed by atoms with Crippen LogP contribution in [0.25, 0.3) is 0 Å². The molecule has 5 heteroatoms. The smallest absolute Gasteiger partial charge is 0.221 e. The van der Waals surface area contributed by atoms with Gasteiger partial charge >= 0.3 is 0 Å². The molecule has 0 fully saturated rings. The molecule has 0 aliphatic carbocycles. The first-order valence-electron chi connectivity index (χ1n) is 5.55. The molecule has 96 valence electrons. The van der Waals surface area contributed by atoms with Gasteiger partial charge in [0.05, 0.1) is 5.69 Å². The van der Waals surface area contributed by atoms with E-state index in [-0.39, 0.29) is 0 Å². The van der Waals surface area contributed by atoms with E-state index >= 15 is 0 Å². The first-order valence-corrected chi connectivity index (χ1v) is 7.05. The van der Waals surface area contributed by atoms with Gasteiger partial charge in [-0.05, 0) is 31.5 Å². The number of benzene rings is 1. The summed E-state index contributed by atoms with van der Waals surface area (Å²) < 4.78 is 7.69. The maximum absolute atomic E-state index is 5.99. The summed E-state index contributed by atoms with van der Waals surface area (Å²) in [4.78, 5) is 0. The molecule has 18 heavy (non-hydrogen) atoms. The highest BCUT2D eigenvalue weighted by molar-refractivity contribution is 9.08. The maximum atomic E-state index is 5.99. The highest BCUT2D eigenvalue weighted by Gasteiger charge is 2.15. The molecule has 0 aliphatic rings. The Hall–Kier alpha value is -1.00. The Balaban J connectivity index is 2.42. The molecule has 1 aromatic carbocycles. The number of aryl methyl sites for hydroxylation is 3. The van der Waals surface area contributed by atoms with Crippen LogP contribution in [0.2, 0.25) is 5.02 Å². The van der Waals surface area contributed by atoms with E-state index in [9.17, 15) is 0 Å². The number of nitrogens with zero attached hydrogens (tertiary/aromatic N) is 2. The van der Waals surface area contributed by atoms with Crippen LogP contribution in [0.1, 0.15) is 16.8 Å². The lowest BCUT2D eigenvalue weighted by Gasteiger charge is -2.10. The number of rotatable bonds is 3. The molecule has 0 atom stereocenters. The van der Waals surface area contributed by atoms with Crippen molar-refractivity contribution in [2.24, 2.45) is 7.05 Å². The van der Waals surface area contributed by atoms with E-state index < -0.39 is 0 Å². The van der Waals surface area contributed by atoms with Gasteiger partial charge in [0.2, 0.25) is 5.88 Å². The Labute approximate surface area is 120 Å². The van der Waals surface area contributed by atoms with E-state index in [1.807, 2.05) is 39.1 Å². The van der Waals surface area contributed by atoms with Crippen molar-refractivity contribution >= 4 is 27.5 Å². The average Bonchev–Trinajstić information content (AvgIpc) is 2.58. The zero-order valence-corrected chi connectivity index (χ0v) is 12.8. The van der Waals surface area contributed by atoms with Crippen molar-refractivity contribution in [3.05, 3.63) is 40.0 Å². The number of ether oxygens (including phenoxy) is 1. The average molecular weight is 330 g/mol. The van der Waals surface area contributed by atoms with E-state index in [4.69, 9.17) is 16.3 Å². The molecule has 0 spiro atoms. The molecule has 0 N–H and O–H groups in total. The number of alkyl halides is 1. The molecule has 0 bridgehead atoms. The van der Waals surface area contributed by atoms with Crippen molar-refractivity contribution in [3.8, 4) is 11.6 Å². The molecule has 0 unspecified atom stereocenters. The van der Waals surface area contributed by atoms with Crippen molar-refractivity contribution in [3.63, 3.8) is 0 Å². The van der Waals surface area contributed by atoms with Crippen LogP contribution in [-0.2, 0) is 12.4 Å². The van der Waals surface area contributed by atoms with Gasteiger partial charge in [-0.3, -0.25) is 0 Å². The molecule has 0 saturated carbocycles. The minimum atomic E-state index is 0.662. The van der Waals surface area contributed by atoms with E-state index in [0.717, 1.165) is 28.5 Å². The second-order valence-corrected chi connectivity index (χ2v) is 5.14. The lowest BCUT2D eigenvalue weighted by Crippen LogP contribution is -1.97. The maximum Gasteiger partial charge on any atom is 0.221 e. The highest BCUT2D eigenvalue weighted by Crippen LogP contribution is 2.32. The predicted octanol–water partition coefficient (Wildman–Crippen LogP) is 4.38. The van der Waals surface area contributed by atoms with E-state index in [1.54, 1.807) is 4.68 Å². The van der Waals surface area contributed by atoms with Gasteiger partial charge < -0.3 is 4.74 Å². The summed E-state index contributed by atoms with van der Waals surface area (Å²) in [6.45, 7) is 3.96. The molecule has 0 saturated heterocycles. The van der Waals surface area contributed by atoms with Gasteiger partial charge in [0.1, 0.15) is 5.75 Å². The topological polar surface area (TPSA) is 27.1 Å². The molecule has 2 rings (SSSR count). The second-order valence-electron chi connectivity index (χ2n) is 4.14. The molecule has 0 radical (unpaired) electrons. The Bertz CT molecular complexity index is 581. The monoisotopic (exact) mass is 328 g/mol. The summed E-state index contributed by atoms with van der Waals surface area (Å²) in [5.74, 6) is 1.50. The summed E-state index contributed by atoms with van der Waals surface area (Å²) in [5.41, 5.74) is 3.06. The Kier molecular flexibility index (Phi) is 3.97. The number of aromatic nitrogens is 2. The second kappa shape index (κ2) is 5.33. The third kappa shape index (κ3) is 2.54. The normalized spacial score (nSPS) is 10.7. The lowest BCUT2D eigenvalue weighted by atomic mass is 10.2. The summed E-state index contributed by atoms with van der Waals surface area (Å²) >= 11 is 9.45. The van der Waals surface area contributed by atoms with Crippen LogP contribution in [0.3, 0.4) is 0 Å². The molecular formula is C13H14BrClN2O. The first kappa shape index (κ1) is 13.4. The van der Waals surface area contributed by atoms with Crippen molar-refractivity contribution in [2.75, 3.05) is 0 Å². The van der Waals surface area contributed by atoms with Crippen molar-refractivity contribution in [1.29, 1.82) is 0 Å². The third-order valence-corrected chi connectivity index (χ3v) is 3.58. The van der Waals surface area contributed by atoms with Crippen LogP contribution in [0.4, 0.5) is 0 Å². The Morgan fingerprint density at radius 2 is 2.11 bits per heavy atom. The largest absolute Gasteiger partial charge is 0.439 e. The standard InChI is InChI=1S/C13H14BrClN2O/c1-8-4-5-10(15)6-12(8)18-13-11(7-14)9(2)16-17(13)3/h4-6H,7H2,1-3H3. The van der Waals surface area contributed by atoms with Gasteiger partial charge in [0.15, 0.2) is 0 Å². The quantitative estimate of drug-likeness (QED) is 0.782.